The zero-order chi connectivity index (χ0) is 36.9. The number of piperidine rings is 1. The van der Waals surface area contributed by atoms with Crippen LogP contribution in [-0.4, -0.2) is 78.5 Å². The van der Waals surface area contributed by atoms with Crippen LogP contribution >= 0.6 is 0 Å². The van der Waals surface area contributed by atoms with Crippen LogP contribution in [0.1, 0.15) is 45.7 Å². The molecule has 4 aromatic carbocycles. The van der Waals surface area contributed by atoms with Crippen LogP contribution in [0.4, 0.5) is 11.4 Å². The number of hydrogen-bond acceptors (Lipinski definition) is 6. The number of ketones is 1. The summed E-state index contributed by atoms with van der Waals surface area (Å²) >= 11 is 0. The highest BCUT2D eigenvalue weighted by atomic mass is 16.2. The highest BCUT2D eigenvalue weighted by molar-refractivity contribution is 6.16. The molecule has 0 unspecified atom stereocenters. The Kier molecular flexibility index (Phi) is 7.46. The zero-order valence-electron chi connectivity index (χ0n) is 30.5. The van der Waals surface area contributed by atoms with E-state index in [4.69, 9.17) is 0 Å². The molecule has 3 saturated heterocycles. The number of carbonyl (C=O) groups is 4. The molecule has 9 rings (SSSR count). The zero-order valence-corrected chi connectivity index (χ0v) is 30.5. The Hall–Kier alpha value is -5.38. The second kappa shape index (κ2) is 11.8. The first kappa shape index (κ1) is 33.5. The van der Waals surface area contributed by atoms with E-state index in [-0.39, 0.29) is 36.6 Å². The summed E-state index contributed by atoms with van der Waals surface area (Å²) < 4.78 is 0. The smallest absolute Gasteiger partial charge is 0.250 e. The van der Waals surface area contributed by atoms with Gasteiger partial charge in [0.1, 0.15) is 11.1 Å². The lowest BCUT2D eigenvalue weighted by molar-refractivity contribution is -0.155. The van der Waals surface area contributed by atoms with Crippen molar-refractivity contribution >= 4 is 41.0 Å². The highest BCUT2D eigenvalue weighted by Crippen LogP contribution is 2.65. The van der Waals surface area contributed by atoms with Gasteiger partial charge in [-0.1, -0.05) is 84.9 Å². The highest BCUT2D eigenvalue weighted by Gasteiger charge is 2.75. The lowest BCUT2D eigenvalue weighted by Gasteiger charge is -2.52. The Balaban J connectivity index is 1.29. The molecule has 2 N–H and O–H groups in total. The minimum Gasteiger partial charge on any atom is -0.337 e. The molecule has 268 valence electrons. The summed E-state index contributed by atoms with van der Waals surface area (Å²) in [6, 6.07) is 31.2. The van der Waals surface area contributed by atoms with Gasteiger partial charge in [0.15, 0.2) is 5.78 Å². The van der Waals surface area contributed by atoms with Crippen LogP contribution in [0.5, 0.6) is 0 Å². The fourth-order valence-corrected chi connectivity index (χ4v) is 10.8. The van der Waals surface area contributed by atoms with Gasteiger partial charge in [0.25, 0.3) is 5.91 Å². The topological polar surface area (TPSA) is 102 Å². The maximum absolute atomic E-state index is 15.9. The van der Waals surface area contributed by atoms with Gasteiger partial charge >= 0.3 is 0 Å². The fourth-order valence-electron chi connectivity index (χ4n) is 10.8. The molecule has 0 aliphatic carbocycles. The summed E-state index contributed by atoms with van der Waals surface area (Å²) in [5, 5.41) is 6.23. The second-order valence-corrected chi connectivity index (χ2v) is 15.5. The van der Waals surface area contributed by atoms with Crippen molar-refractivity contribution in [3.8, 4) is 0 Å². The van der Waals surface area contributed by atoms with Crippen molar-refractivity contribution in [2.75, 3.05) is 50.9 Å². The third-order valence-corrected chi connectivity index (χ3v) is 13.1. The van der Waals surface area contributed by atoms with Gasteiger partial charge in [0, 0.05) is 60.2 Å². The molecular formula is C44H43N5O4. The number of fused-ring (bicyclic) bond motifs is 5. The van der Waals surface area contributed by atoms with Crippen LogP contribution in [-0.2, 0) is 30.3 Å². The number of para-hydroxylation sites is 2. The lowest BCUT2D eigenvalue weighted by Crippen LogP contribution is -2.67. The van der Waals surface area contributed by atoms with E-state index in [0.717, 1.165) is 33.4 Å². The average Bonchev–Trinajstić information content (AvgIpc) is 3.84. The van der Waals surface area contributed by atoms with E-state index in [2.05, 4.69) is 16.7 Å². The molecule has 53 heavy (non-hydrogen) atoms. The van der Waals surface area contributed by atoms with Crippen molar-refractivity contribution in [1.82, 2.24) is 14.7 Å². The number of carbonyl (C=O) groups excluding carboxylic acids is 4. The average molecular weight is 706 g/mol. The number of nitrogens with zero attached hydrogens (tertiary/aromatic N) is 3. The molecule has 9 heteroatoms. The van der Waals surface area contributed by atoms with Gasteiger partial charge in [-0.25, -0.2) is 0 Å². The van der Waals surface area contributed by atoms with Gasteiger partial charge in [-0.2, -0.15) is 0 Å². The maximum Gasteiger partial charge on any atom is 0.250 e. The number of hydrogen-bond donors (Lipinski definition) is 2. The van der Waals surface area contributed by atoms with Crippen LogP contribution in [0.25, 0.3) is 6.08 Å². The molecular weight excluding hydrogens is 663 g/mol. The first-order chi connectivity index (χ1) is 25.6. The number of likely N-dealkylation sites (N-methyl/N-ethyl adjacent to an activating group) is 2. The quantitative estimate of drug-likeness (QED) is 0.275. The largest absolute Gasteiger partial charge is 0.337 e. The molecule has 4 aromatic rings. The number of amides is 3. The van der Waals surface area contributed by atoms with Crippen molar-refractivity contribution in [3.05, 3.63) is 136 Å². The van der Waals surface area contributed by atoms with E-state index >= 15 is 9.59 Å². The van der Waals surface area contributed by atoms with Crippen LogP contribution in [0.3, 0.4) is 0 Å². The van der Waals surface area contributed by atoms with E-state index in [9.17, 15) is 9.59 Å². The molecule has 5 aliphatic heterocycles. The molecule has 0 saturated carbocycles. The minimum atomic E-state index is -1.42. The number of anilines is 2. The van der Waals surface area contributed by atoms with Gasteiger partial charge in [0.05, 0.1) is 11.3 Å². The summed E-state index contributed by atoms with van der Waals surface area (Å²) in [5.41, 5.74) is 3.24. The van der Waals surface area contributed by atoms with Gasteiger partial charge in [-0.05, 0) is 74.8 Å². The molecule has 9 nitrogen and oxygen atoms in total. The summed E-state index contributed by atoms with van der Waals surface area (Å²) in [4.78, 5) is 66.5. The SMILES string of the molecule is Cc1ccccc1/C=C1\CN(C(=O)[C@@H]2CCN(C)[C@]23C(=O)Nc2ccccc23)C[C@]2(C1=O)[C@H](c1ccccc1C)CN(C)[C@]21C(=O)Nc2ccccc21. The van der Waals surface area contributed by atoms with E-state index in [1.165, 1.54) is 0 Å². The number of benzene rings is 4. The second-order valence-electron chi connectivity index (χ2n) is 15.5. The molecule has 3 amide bonds. The van der Waals surface area contributed by atoms with Gasteiger partial charge < -0.3 is 15.5 Å². The Labute approximate surface area is 309 Å². The van der Waals surface area contributed by atoms with E-state index < -0.39 is 28.3 Å². The number of likely N-dealkylation sites (tertiary alicyclic amines) is 3. The van der Waals surface area contributed by atoms with Crippen molar-refractivity contribution in [2.45, 2.75) is 37.3 Å². The van der Waals surface area contributed by atoms with E-state index in [1.54, 1.807) is 0 Å². The van der Waals surface area contributed by atoms with Gasteiger partial charge in [0.2, 0.25) is 11.8 Å². The van der Waals surface area contributed by atoms with Crippen LogP contribution in [0, 0.1) is 25.2 Å². The minimum absolute atomic E-state index is 0.0143. The summed E-state index contributed by atoms with van der Waals surface area (Å²) in [6.45, 7) is 5.11. The third-order valence-electron chi connectivity index (χ3n) is 13.1. The van der Waals surface area contributed by atoms with Crippen LogP contribution in [0.15, 0.2) is 103 Å². The van der Waals surface area contributed by atoms with E-state index in [1.807, 2.05) is 140 Å². The van der Waals surface area contributed by atoms with Gasteiger partial charge in [-0.3, -0.25) is 29.0 Å². The Bertz CT molecular complexity index is 2280. The molecule has 3 spiro atoms. The first-order valence-corrected chi connectivity index (χ1v) is 18.5. The maximum atomic E-state index is 15.9. The predicted molar refractivity (Wildman–Crippen MR) is 204 cm³/mol. The van der Waals surface area contributed by atoms with E-state index in [0.29, 0.717) is 36.5 Å². The first-order valence-electron chi connectivity index (χ1n) is 18.5. The Morgan fingerprint density at radius 2 is 1.38 bits per heavy atom. The van der Waals surface area contributed by atoms with Crippen molar-refractivity contribution < 1.29 is 19.2 Å². The number of rotatable bonds is 3. The monoisotopic (exact) mass is 705 g/mol. The van der Waals surface area contributed by atoms with Crippen molar-refractivity contribution in [1.29, 1.82) is 0 Å². The molecule has 0 radical (unpaired) electrons. The Morgan fingerprint density at radius 3 is 2.11 bits per heavy atom. The number of Topliss-reactive ketones (excluding diaryl/α,β-unsaturated/α-hetero) is 1. The Morgan fingerprint density at radius 1 is 0.755 bits per heavy atom. The van der Waals surface area contributed by atoms with Gasteiger partial charge in [-0.15, -0.1) is 0 Å². The molecule has 0 bridgehead atoms. The standard InChI is InChI=1S/C44H43N5O4/c1-27-13-5-7-15-29(27)23-30-24-49(39(51)34-21-22-47(3)43(34)32-17-9-11-19-36(32)45-40(43)52)26-42(38(30)50)35(31-16-8-6-14-28(31)2)25-48(4)44(42)33-18-10-12-20-37(33)46-41(44)53/h5-20,23,34-35H,21-22,24-26H2,1-4H3,(H,45,52)(H,46,53)/b30-23+/t34-,35-,42+,43-,44+/m0/s1. The van der Waals surface area contributed by atoms with Crippen molar-refractivity contribution in [3.63, 3.8) is 0 Å². The molecule has 0 aromatic heterocycles. The molecule has 5 heterocycles. The summed E-state index contributed by atoms with van der Waals surface area (Å²) in [5.74, 6) is -1.95. The predicted octanol–water partition coefficient (Wildman–Crippen LogP) is 5.46. The number of nitrogens with one attached hydrogen (secondary N) is 2. The lowest BCUT2D eigenvalue weighted by atomic mass is 9.55. The van der Waals surface area contributed by atoms with Crippen LogP contribution in [0.2, 0.25) is 0 Å². The number of aryl methyl sites for hydroxylation is 2. The molecule has 3 fully saturated rings. The van der Waals surface area contributed by atoms with Crippen LogP contribution < -0.4 is 10.6 Å². The summed E-state index contributed by atoms with van der Waals surface area (Å²) in [7, 11) is 3.84. The van der Waals surface area contributed by atoms with Crippen molar-refractivity contribution in [2.24, 2.45) is 11.3 Å². The molecule has 5 atom stereocenters. The third kappa shape index (κ3) is 4.26. The molecule has 5 aliphatic rings. The summed E-state index contributed by atoms with van der Waals surface area (Å²) in [6.07, 6.45) is 2.40. The fraction of sp³-hybridized carbons (Fsp3) is 0.318. The normalized spacial score (nSPS) is 30.1.